The van der Waals surface area contributed by atoms with E-state index in [-0.39, 0.29) is 12.7 Å². The van der Waals surface area contributed by atoms with Gasteiger partial charge >= 0.3 is 0 Å². The summed E-state index contributed by atoms with van der Waals surface area (Å²) in [5.41, 5.74) is 2.13. The Balaban J connectivity index is 1.47. The molecule has 6 nitrogen and oxygen atoms in total. The van der Waals surface area contributed by atoms with Gasteiger partial charge in [0.15, 0.2) is 11.5 Å². The Hall–Kier alpha value is -3.04. The van der Waals surface area contributed by atoms with Crippen molar-refractivity contribution in [1.82, 2.24) is 4.90 Å². The molecule has 0 saturated heterocycles. The van der Waals surface area contributed by atoms with Crippen molar-refractivity contribution in [3.63, 3.8) is 0 Å². The number of rotatable bonds is 6. The van der Waals surface area contributed by atoms with Gasteiger partial charge in [0.05, 0.1) is 17.8 Å². The first-order chi connectivity index (χ1) is 13.7. The molecule has 28 heavy (non-hydrogen) atoms. The van der Waals surface area contributed by atoms with Crippen LogP contribution in [0.3, 0.4) is 0 Å². The number of hydrogen-bond donors (Lipinski definition) is 1. The fourth-order valence-corrected chi connectivity index (χ4v) is 3.92. The van der Waals surface area contributed by atoms with Crippen molar-refractivity contribution in [3.8, 4) is 17.6 Å². The molecule has 1 amide bonds. The highest BCUT2D eigenvalue weighted by Gasteiger charge is 2.25. The molecule has 0 aromatic heterocycles. The van der Waals surface area contributed by atoms with Gasteiger partial charge in [-0.25, -0.2) is 0 Å². The van der Waals surface area contributed by atoms with Gasteiger partial charge in [0.25, 0.3) is 0 Å². The van der Waals surface area contributed by atoms with E-state index in [1.54, 1.807) is 18.2 Å². The number of amides is 1. The molecule has 1 N–H and O–H groups in total. The second-order valence-electron chi connectivity index (χ2n) is 7.24. The molecule has 0 unspecified atom stereocenters. The molecular formula is C22H23N3O3. The minimum absolute atomic E-state index is 0.102. The summed E-state index contributed by atoms with van der Waals surface area (Å²) in [5.74, 6) is 1.42. The van der Waals surface area contributed by atoms with Crippen LogP contribution in [0.1, 0.15) is 36.8 Å². The lowest BCUT2D eigenvalue weighted by Crippen LogP contribution is -2.39. The number of ether oxygens (including phenoxy) is 2. The molecule has 1 heterocycles. The molecule has 2 aliphatic rings. The van der Waals surface area contributed by atoms with Crippen LogP contribution in [0.4, 0.5) is 5.69 Å². The number of carbonyl (C=O) groups excluding carboxylic acids is 1. The average molecular weight is 377 g/mol. The van der Waals surface area contributed by atoms with Gasteiger partial charge in [0, 0.05) is 12.6 Å². The van der Waals surface area contributed by atoms with Crippen molar-refractivity contribution in [2.45, 2.75) is 38.3 Å². The number of hydrogen-bond acceptors (Lipinski definition) is 5. The van der Waals surface area contributed by atoms with E-state index < -0.39 is 0 Å². The molecule has 1 saturated carbocycles. The molecule has 0 radical (unpaired) electrons. The lowest BCUT2D eigenvalue weighted by atomic mass is 10.1. The first-order valence-corrected chi connectivity index (χ1v) is 9.64. The monoisotopic (exact) mass is 377 g/mol. The zero-order valence-electron chi connectivity index (χ0n) is 15.7. The Morgan fingerprint density at radius 2 is 1.93 bits per heavy atom. The summed E-state index contributed by atoms with van der Waals surface area (Å²) < 4.78 is 10.9. The number of anilines is 1. The van der Waals surface area contributed by atoms with Crippen LogP contribution in [0.2, 0.25) is 0 Å². The van der Waals surface area contributed by atoms with E-state index in [0.29, 0.717) is 30.4 Å². The van der Waals surface area contributed by atoms with Crippen molar-refractivity contribution in [3.05, 3.63) is 53.6 Å². The van der Waals surface area contributed by atoms with Gasteiger partial charge in [0.1, 0.15) is 6.07 Å². The van der Waals surface area contributed by atoms with Crippen LogP contribution in [0.5, 0.6) is 11.5 Å². The van der Waals surface area contributed by atoms with Crippen molar-refractivity contribution < 1.29 is 14.3 Å². The number of carbonyl (C=O) groups is 1. The molecule has 1 aliphatic carbocycles. The Bertz CT molecular complexity index is 900. The largest absolute Gasteiger partial charge is 0.454 e. The van der Waals surface area contributed by atoms with Gasteiger partial charge in [0.2, 0.25) is 12.7 Å². The number of nitriles is 1. The SMILES string of the molecule is N#Cc1ccccc1NC(=O)CN(Cc1ccc2c(c1)OCO2)C1CCCC1. The first kappa shape index (κ1) is 18.3. The van der Waals surface area contributed by atoms with Crippen molar-refractivity contribution in [1.29, 1.82) is 5.26 Å². The predicted octanol–water partition coefficient (Wildman–Crippen LogP) is 3.67. The Kier molecular flexibility index (Phi) is 5.45. The van der Waals surface area contributed by atoms with Crippen molar-refractivity contribution in [2.24, 2.45) is 0 Å². The van der Waals surface area contributed by atoms with Gasteiger partial charge < -0.3 is 14.8 Å². The molecule has 1 aliphatic heterocycles. The maximum Gasteiger partial charge on any atom is 0.238 e. The highest BCUT2D eigenvalue weighted by Crippen LogP contribution is 2.33. The molecule has 6 heteroatoms. The second-order valence-corrected chi connectivity index (χ2v) is 7.24. The minimum Gasteiger partial charge on any atom is -0.454 e. The highest BCUT2D eigenvalue weighted by atomic mass is 16.7. The number of nitrogens with one attached hydrogen (secondary N) is 1. The van der Waals surface area contributed by atoms with Crippen LogP contribution in [-0.2, 0) is 11.3 Å². The molecule has 144 valence electrons. The Labute approximate surface area is 164 Å². The van der Waals surface area contributed by atoms with E-state index in [1.165, 1.54) is 12.8 Å². The second kappa shape index (κ2) is 8.32. The van der Waals surface area contributed by atoms with E-state index >= 15 is 0 Å². The third kappa shape index (κ3) is 4.10. The van der Waals surface area contributed by atoms with Crippen LogP contribution >= 0.6 is 0 Å². The summed E-state index contributed by atoms with van der Waals surface area (Å²) in [7, 11) is 0. The van der Waals surface area contributed by atoms with Gasteiger partial charge in [-0.15, -0.1) is 0 Å². The number of para-hydroxylation sites is 1. The molecule has 2 aromatic rings. The van der Waals surface area contributed by atoms with Crippen molar-refractivity contribution >= 4 is 11.6 Å². The first-order valence-electron chi connectivity index (χ1n) is 9.64. The normalized spacial score (nSPS) is 15.6. The summed E-state index contributed by atoms with van der Waals surface area (Å²) in [6, 6.07) is 15.5. The lowest BCUT2D eigenvalue weighted by Gasteiger charge is -2.28. The van der Waals surface area contributed by atoms with Crippen LogP contribution < -0.4 is 14.8 Å². The highest BCUT2D eigenvalue weighted by molar-refractivity contribution is 5.93. The topological polar surface area (TPSA) is 74.6 Å². The summed E-state index contributed by atoms with van der Waals surface area (Å²) in [6.45, 7) is 1.22. The number of fused-ring (bicyclic) bond motifs is 1. The van der Waals surface area contributed by atoms with Crippen LogP contribution in [-0.4, -0.2) is 30.2 Å². The van der Waals surface area contributed by atoms with Gasteiger partial charge in [-0.2, -0.15) is 5.26 Å². The fraction of sp³-hybridized carbons (Fsp3) is 0.364. The molecule has 0 spiro atoms. The standard InChI is InChI=1S/C22H23N3O3/c23-12-17-5-1-4-8-19(17)24-22(26)14-25(18-6-2-3-7-18)13-16-9-10-20-21(11-16)28-15-27-20/h1,4-5,8-11,18H,2-3,6-7,13-15H2,(H,24,26). The Morgan fingerprint density at radius 3 is 2.75 bits per heavy atom. The van der Waals surface area contributed by atoms with E-state index in [0.717, 1.165) is 29.9 Å². The summed E-state index contributed by atoms with van der Waals surface area (Å²) in [4.78, 5) is 14.9. The smallest absolute Gasteiger partial charge is 0.238 e. The third-order valence-electron chi connectivity index (χ3n) is 5.33. The van der Waals surface area contributed by atoms with E-state index in [4.69, 9.17) is 9.47 Å². The van der Waals surface area contributed by atoms with Crippen LogP contribution in [0.15, 0.2) is 42.5 Å². The maximum atomic E-state index is 12.7. The minimum atomic E-state index is -0.102. The summed E-state index contributed by atoms with van der Waals surface area (Å²) in [6.07, 6.45) is 4.60. The predicted molar refractivity (Wildman–Crippen MR) is 105 cm³/mol. The molecular weight excluding hydrogens is 354 g/mol. The lowest BCUT2D eigenvalue weighted by molar-refractivity contribution is -0.118. The van der Waals surface area contributed by atoms with Crippen molar-refractivity contribution in [2.75, 3.05) is 18.7 Å². The van der Waals surface area contributed by atoms with E-state index in [1.807, 2.05) is 24.3 Å². The van der Waals surface area contributed by atoms with E-state index in [9.17, 15) is 10.1 Å². The summed E-state index contributed by atoms with van der Waals surface area (Å²) in [5, 5.41) is 12.1. The fourth-order valence-electron chi connectivity index (χ4n) is 3.92. The van der Waals surface area contributed by atoms with E-state index in [2.05, 4.69) is 16.3 Å². The average Bonchev–Trinajstić information content (AvgIpc) is 3.39. The van der Waals surface area contributed by atoms with Crippen LogP contribution in [0, 0.1) is 11.3 Å². The quantitative estimate of drug-likeness (QED) is 0.831. The van der Waals surface area contributed by atoms with Gasteiger partial charge in [-0.1, -0.05) is 31.0 Å². The zero-order chi connectivity index (χ0) is 19.3. The third-order valence-corrected chi connectivity index (χ3v) is 5.33. The number of nitrogens with zero attached hydrogens (tertiary/aromatic N) is 2. The molecule has 0 bridgehead atoms. The number of benzene rings is 2. The van der Waals surface area contributed by atoms with Crippen LogP contribution in [0.25, 0.3) is 0 Å². The van der Waals surface area contributed by atoms with Gasteiger partial charge in [-0.05, 0) is 42.7 Å². The maximum absolute atomic E-state index is 12.7. The molecule has 1 fully saturated rings. The Morgan fingerprint density at radius 1 is 1.14 bits per heavy atom. The zero-order valence-corrected chi connectivity index (χ0v) is 15.7. The molecule has 4 rings (SSSR count). The molecule has 0 atom stereocenters. The van der Waals surface area contributed by atoms with Gasteiger partial charge in [-0.3, -0.25) is 9.69 Å². The molecule has 2 aromatic carbocycles. The summed E-state index contributed by atoms with van der Waals surface area (Å²) >= 11 is 0.